The van der Waals surface area contributed by atoms with Crippen LogP contribution in [0.1, 0.15) is 48.4 Å². The van der Waals surface area contributed by atoms with Gasteiger partial charge in [-0.1, -0.05) is 24.0 Å². The number of rotatable bonds is 4. The lowest BCUT2D eigenvalue weighted by atomic mass is 9.72. The Balaban J connectivity index is 1.82. The van der Waals surface area contributed by atoms with Crippen molar-refractivity contribution in [3.05, 3.63) is 64.7 Å². The Hall–Kier alpha value is -3.44. The summed E-state index contributed by atoms with van der Waals surface area (Å²) >= 11 is 0. The van der Waals surface area contributed by atoms with Gasteiger partial charge in [0, 0.05) is 5.56 Å². The first-order valence-corrected chi connectivity index (χ1v) is 8.87. The van der Waals surface area contributed by atoms with Crippen LogP contribution in [-0.2, 0) is 5.54 Å². The van der Waals surface area contributed by atoms with Crippen molar-refractivity contribution in [2.75, 3.05) is 6.61 Å². The van der Waals surface area contributed by atoms with E-state index in [4.69, 9.17) is 15.1 Å². The van der Waals surface area contributed by atoms with Crippen molar-refractivity contribution in [3.63, 3.8) is 0 Å². The van der Waals surface area contributed by atoms with Gasteiger partial charge in [-0.25, -0.2) is 4.79 Å². The molecule has 5 nitrogen and oxygen atoms in total. The highest BCUT2D eigenvalue weighted by atomic mass is 16.5. The Bertz CT molecular complexity index is 942. The summed E-state index contributed by atoms with van der Waals surface area (Å²) in [6, 6.07) is 14.9. The lowest BCUT2D eigenvalue weighted by Crippen LogP contribution is -2.50. The third kappa shape index (κ3) is 4.04. The van der Waals surface area contributed by atoms with Gasteiger partial charge < -0.3 is 15.2 Å². The molecule has 1 fully saturated rings. The number of nitrogens with one attached hydrogen (secondary N) is 1. The molecule has 0 bridgehead atoms. The summed E-state index contributed by atoms with van der Waals surface area (Å²) in [5.74, 6) is 6.79. The summed E-state index contributed by atoms with van der Waals surface area (Å²) in [6.45, 7) is 2.38. The van der Waals surface area contributed by atoms with Crippen molar-refractivity contribution in [2.45, 2.75) is 31.7 Å². The lowest BCUT2D eigenvalue weighted by molar-refractivity contribution is 0.144. The lowest BCUT2D eigenvalue weighted by Gasteiger charge is -2.42. The molecule has 0 spiro atoms. The molecule has 0 saturated heterocycles. The van der Waals surface area contributed by atoms with Crippen molar-refractivity contribution in [1.29, 1.82) is 5.26 Å². The molecule has 0 unspecified atom stereocenters. The van der Waals surface area contributed by atoms with Crippen molar-refractivity contribution in [2.24, 2.45) is 0 Å². The van der Waals surface area contributed by atoms with E-state index in [0.717, 1.165) is 36.0 Å². The minimum absolute atomic E-state index is 0.465. The van der Waals surface area contributed by atoms with Gasteiger partial charge >= 0.3 is 6.09 Å². The third-order valence-corrected chi connectivity index (χ3v) is 4.74. The van der Waals surface area contributed by atoms with Gasteiger partial charge in [0.05, 0.1) is 29.3 Å². The average molecular weight is 360 g/mol. The van der Waals surface area contributed by atoms with E-state index in [-0.39, 0.29) is 0 Å². The Morgan fingerprint density at radius 2 is 1.89 bits per heavy atom. The number of hydrogen-bond donors (Lipinski definition) is 2. The molecular weight excluding hydrogens is 340 g/mol. The van der Waals surface area contributed by atoms with Gasteiger partial charge in [-0.15, -0.1) is 0 Å². The van der Waals surface area contributed by atoms with Gasteiger partial charge in [-0.2, -0.15) is 5.26 Å². The van der Waals surface area contributed by atoms with Crippen LogP contribution in [0, 0.1) is 23.2 Å². The highest BCUT2D eigenvalue weighted by Gasteiger charge is 2.40. The van der Waals surface area contributed by atoms with Crippen molar-refractivity contribution >= 4 is 6.09 Å². The monoisotopic (exact) mass is 360 g/mol. The Morgan fingerprint density at radius 1 is 1.19 bits per heavy atom. The zero-order chi connectivity index (χ0) is 19.3. The van der Waals surface area contributed by atoms with E-state index in [2.05, 4.69) is 23.2 Å². The summed E-state index contributed by atoms with van der Waals surface area (Å²) in [5.41, 5.74) is 2.59. The molecule has 1 amide bonds. The Kier molecular flexibility index (Phi) is 5.33. The number of amides is 1. The maximum absolute atomic E-state index is 11.1. The molecule has 27 heavy (non-hydrogen) atoms. The second-order valence-corrected chi connectivity index (χ2v) is 6.45. The van der Waals surface area contributed by atoms with E-state index in [0.29, 0.717) is 17.9 Å². The fraction of sp³-hybridized carbons (Fsp3) is 0.273. The summed E-state index contributed by atoms with van der Waals surface area (Å²) in [5, 5.41) is 20.8. The first-order chi connectivity index (χ1) is 13.1. The molecule has 3 rings (SSSR count). The average Bonchev–Trinajstić information content (AvgIpc) is 2.64. The summed E-state index contributed by atoms with van der Waals surface area (Å²) < 4.78 is 5.57. The molecule has 0 atom stereocenters. The SMILES string of the molecule is CCOc1cc(C#N)ccc1C#Cc1ccc(C2(NC(=O)O)CCC2)cc1. The zero-order valence-electron chi connectivity index (χ0n) is 15.1. The second-order valence-electron chi connectivity index (χ2n) is 6.45. The van der Waals surface area contributed by atoms with Gasteiger partial charge in [0.25, 0.3) is 0 Å². The van der Waals surface area contributed by atoms with Crippen LogP contribution >= 0.6 is 0 Å². The fourth-order valence-electron chi connectivity index (χ4n) is 3.20. The first kappa shape index (κ1) is 18.4. The van der Waals surface area contributed by atoms with E-state index in [1.807, 2.05) is 31.2 Å². The van der Waals surface area contributed by atoms with E-state index in [9.17, 15) is 4.79 Å². The normalized spacial score (nSPS) is 14.1. The molecular formula is C22H20N2O3. The highest BCUT2D eigenvalue weighted by molar-refractivity contribution is 5.66. The van der Waals surface area contributed by atoms with E-state index < -0.39 is 11.6 Å². The quantitative estimate of drug-likeness (QED) is 0.807. The van der Waals surface area contributed by atoms with Crippen molar-refractivity contribution < 1.29 is 14.6 Å². The van der Waals surface area contributed by atoms with E-state index >= 15 is 0 Å². The van der Waals surface area contributed by atoms with Crippen LogP contribution in [0.4, 0.5) is 4.79 Å². The van der Waals surface area contributed by atoms with Crippen LogP contribution in [0.25, 0.3) is 0 Å². The molecule has 2 aromatic rings. The standard InChI is InChI=1S/C22H20N2O3/c1-2-27-20-14-17(15-23)5-9-18(20)8-4-16-6-10-19(11-7-16)22(12-3-13-22)24-21(25)26/h5-7,9-11,14,24H,2-3,12-13H2,1H3,(H,25,26). The number of benzene rings is 2. The maximum atomic E-state index is 11.1. The molecule has 0 aromatic heterocycles. The molecule has 1 aliphatic carbocycles. The minimum Gasteiger partial charge on any atom is -0.493 e. The molecule has 0 heterocycles. The van der Waals surface area contributed by atoms with E-state index in [1.54, 1.807) is 18.2 Å². The number of carboxylic acid groups (broad SMARTS) is 1. The topological polar surface area (TPSA) is 82.3 Å². The molecule has 5 heteroatoms. The molecule has 0 aliphatic heterocycles. The largest absolute Gasteiger partial charge is 0.493 e. The zero-order valence-corrected chi connectivity index (χ0v) is 15.1. The predicted octanol–water partition coefficient (Wildman–Crippen LogP) is 4.00. The number of carbonyl (C=O) groups is 1. The molecule has 1 saturated carbocycles. The van der Waals surface area contributed by atoms with Gasteiger partial charge in [-0.05, 0) is 62.1 Å². The van der Waals surface area contributed by atoms with Crippen LogP contribution in [0.15, 0.2) is 42.5 Å². The molecule has 0 radical (unpaired) electrons. The summed E-state index contributed by atoms with van der Waals surface area (Å²) in [4.78, 5) is 11.1. The Morgan fingerprint density at radius 3 is 2.44 bits per heavy atom. The highest BCUT2D eigenvalue weighted by Crippen LogP contribution is 2.41. The summed E-state index contributed by atoms with van der Waals surface area (Å²) in [7, 11) is 0. The molecule has 2 aromatic carbocycles. The van der Waals surface area contributed by atoms with Gasteiger partial charge in [0.2, 0.25) is 0 Å². The van der Waals surface area contributed by atoms with Crippen molar-refractivity contribution in [3.8, 4) is 23.7 Å². The fourth-order valence-corrected chi connectivity index (χ4v) is 3.20. The van der Waals surface area contributed by atoms with Crippen LogP contribution in [0.3, 0.4) is 0 Å². The van der Waals surface area contributed by atoms with Crippen LogP contribution in [-0.4, -0.2) is 17.8 Å². The molecule has 1 aliphatic rings. The second kappa shape index (κ2) is 7.85. The first-order valence-electron chi connectivity index (χ1n) is 8.87. The number of hydrogen-bond acceptors (Lipinski definition) is 3. The maximum Gasteiger partial charge on any atom is 0.405 e. The number of nitriles is 1. The van der Waals surface area contributed by atoms with Gasteiger partial charge in [0.1, 0.15) is 5.75 Å². The van der Waals surface area contributed by atoms with Crippen molar-refractivity contribution in [1.82, 2.24) is 5.32 Å². The molecule has 2 N–H and O–H groups in total. The predicted molar refractivity (Wildman–Crippen MR) is 101 cm³/mol. The third-order valence-electron chi connectivity index (χ3n) is 4.74. The minimum atomic E-state index is -0.997. The van der Waals surface area contributed by atoms with Crippen LogP contribution in [0.5, 0.6) is 5.75 Å². The smallest absolute Gasteiger partial charge is 0.405 e. The Labute approximate surface area is 158 Å². The van der Waals surface area contributed by atoms with Crippen LogP contribution < -0.4 is 10.1 Å². The number of ether oxygens (including phenoxy) is 1. The van der Waals surface area contributed by atoms with Gasteiger partial charge in [-0.3, -0.25) is 0 Å². The van der Waals surface area contributed by atoms with Gasteiger partial charge in [0.15, 0.2) is 0 Å². The van der Waals surface area contributed by atoms with Crippen LogP contribution in [0.2, 0.25) is 0 Å². The molecule has 136 valence electrons. The summed E-state index contributed by atoms with van der Waals surface area (Å²) in [6.07, 6.45) is 1.64. The number of nitrogens with zero attached hydrogens (tertiary/aromatic N) is 1. The van der Waals surface area contributed by atoms with E-state index in [1.165, 1.54) is 0 Å².